The lowest BCUT2D eigenvalue weighted by atomic mass is 9.97. The monoisotopic (exact) mass is 472 g/mol. The molecule has 5 heteroatoms. The zero-order chi connectivity index (χ0) is 24.7. The second-order valence-electron chi connectivity index (χ2n) is 8.88. The fraction of sp³-hybridized carbons (Fsp3) is 0.0968. The van der Waals surface area contributed by atoms with Crippen molar-refractivity contribution in [2.45, 2.75) is 19.3 Å². The van der Waals surface area contributed by atoms with Crippen LogP contribution in [0.2, 0.25) is 0 Å². The van der Waals surface area contributed by atoms with Crippen molar-refractivity contribution in [1.82, 2.24) is 10.2 Å². The van der Waals surface area contributed by atoms with Crippen LogP contribution in [0.5, 0.6) is 0 Å². The first-order valence-corrected chi connectivity index (χ1v) is 12.1. The molecule has 3 N–H and O–H groups in total. The van der Waals surface area contributed by atoms with E-state index in [0.717, 1.165) is 44.8 Å². The van der Waals surface area contributed by atoms with E-state index in [1.54, 1.807) is 0 Å². The van der Waals surface area contributed by atoms with E-state index >= 15 is 0 Å². The number of fused-ring (bicyclic) bond motifs is 1. The molecule has 0 radical (unpaired) electrons. The zero-order valence-electron chi connectivity index (χ0n) is 20.1. The second kappa shape index (κ2) is 10.7. The molecule has 4 aromatic carbocycles. The predicted octanol–water partition coefficient (Wildman–Crippen LogP) is 7.61. The Labute approximate surface area is 210 Å². The summed E-state index contributed by atoms with van der Waals surface area (Å²) < 4.78 is 0. The molecule has 36 heavy (non-hydrogen) atoms. The van der Waals surface area contributed by atoms with Crippen LogP contribution < -0.4 is 10.6 Å². The van der Waals surface area contributed by atoms with E-state index < -0.39 is 0 Å². The van der Waals surface area contributed by atoms with E-state index in [9.17, 15) is 4.79 Å². The van der Waals surface area contributed by atoms with Crippen LogP contribution in [0.15, 0.2) is 103 Å². The van der Waals surface area contributed by atoms with Gasteiger partial charge in [0.2, 0.25) is 5.91 Å². The Bertz CT molecular complexity index is 1490. The fourth-order valence-electron chi connectivity index (χ4n) is 4.22. The summed E-state index contributed by atoms with van der Waals surface area (Å²) in [6.07, 6.45) is 4.51. The highest BCUT2D eigenvalue weighted by molar-refractivity contribution is 5.93. The highest BCUT2D eigenvalue weighted by Gasteiger charge is 2.11. The minimum absolute atomic E-state index is 0.00142. The van der Waals surface area contributed by atoms with Crippen LogP contribution in [0.3, 0.4) is 0 Å². The largest absolute Gasteiger partial charge is 0.355 e. The van der Waals surface area contributed by atoms with Crippen molar-refractivity contribution >= 4 is 46.0 Å². The minimum atomic E-state index is -0.00142. The first kappa shape index (κ1) is 23.1. The van der Waals surface area contributed by atoms with Crippen LogP contribution in [0.1, 0.15) is 36.1 Å². The number of benzene rings is 4. The number of nitrogens with one attached hydrogen (secondary N) is 3. The van der Waals surface area contributed by atoms with Crippen molar-refractivity contribution < 1.29 is 4.79 Å². The number of hydrogen-bond donors (Lipinski definition) is 3. The van der Waals surface area contributed by atoms with E-state index in [1.165, 1.54) is 0 Å². The number of aromatic nitrogens is 2. The van der Waals surface area contributed by atoms with Gasteiger partial charge in [-0.05, 0) is 59.5 Å². The third-order valence-corrected chi connectivity index (χ3v) is 6.12. The molecule has 0 bridgehead atoms. The second-order valence-corrected chi connectivity index (χ2v) is 8.88. The first-order chi connectivity index (χ1) is 17.6. The average molecular weight is 473 g/mol. The zero-order valence-corrected chi connectivity index (χ0v) is 20.1. The maximum Gasteiger partial charge on any atom is 0.224 e. The van der Waals surface area contributed by atoms with Gasteiger partial charge in [-0.25, -0.2) is 0 Å². The number of carbonyl (C=O) groups excluding carboxylic acids is 1. The molecule has 0 fully saturated rings. The van der Waals surface area contributed by atoms with Crippen LogP contribution in [0, 0.1) is 0 Å². The number of carbonyl (C=O) groups is 1. The third-order valence-electron chi connectivity index (χ3n) is 6.12. The summed E-state index contributed by atoms with van der Waals surface area (Å²) in [5.74, 6) is 0.152. The van der Waals surface area contributed by atoms with Crippen molar-refractivity contribution in [2.75, 3.05) is 10.6 Å². The van der Waals surface area contributed by atoms with Gasteiger partial charge in [0, 0.05) is 28.9 Å². The van der Waals surface area contributed by atoms with Crippen LogP contribution in [0.4, 0.5) is 17.1 Å². The van der Waals surface area contributed by atoms with Gasteiger partial charge in [-0.1, -0.05) is 79.7 Å². The molecule has 0 saturated carbocycles. The van der Waals surface area contributed by atoms with Gasteiger partial charge in [-0.3, -0.25) is 9.89 Å². The molecule has 1 heterocycles. The summed E-state index contributed by atoms with van der Waals surface area (Å²) in [4.78, 5) is 12.6. The molecule has 0 aliphatic rings. The summed E-state index contributed by atoms with van der Waals surface area (Å²) in [6, 6.07) is 34.2. The fourth-order valence-corrected chi connectivity index (χ4v) is 4.22. The molecular formula is C31H28N4O. The summed E-state index contributed by atoms with van der Waals surface area (Å²) in [5.41, 5.74) is 6.74. The maximum absolute atomic E-state index is 12.6. The summed E-state index contributed by atoms with van der Waals surface area (Å²) >= 11 is 0. The van der Waals surface area contributed by atoms with Gasteiger partial charge in [-0.2, -0.15) is 5.10 Å². The molecule has 0 spiro atoms. The van der Waals surface area contributed by atoms with E-state index in [4.69, 9.17) is 0 Å². The van der Waals surface area contributed by atoms with E-state index in [0.29, 0.717) is 6.42 Å². The lowest BCUT2D eigenvalue weighted by Gasteiger charge is -2.13. The summed E-state index contributed by atoms with van der Waals surface area (Å²) in [6.45, 7) is 2.07. The van der Waals surface area contributed by atoms with E-state index in [2.05, 4.69) is 64.2 Å². The topological polar surface area (TPSA) is 69.8 Å². The Morgan fingerprint density at radius 1 is 0.833 bits per heavy atom. The highest BCUT2D eigenvalue weighted by Crippen LogP contribution is 2.26. The summed E-state index contributed by atoms with van der Waals surface area (Å²) in [7, 11) is 0. The van der Waals surface area contributed by atoms with Crippen LogP contribution >= 0.6 is 0 Å². The quantitative estimate of drug-likeness (QED) is 0.218. The highest BCUT2D eigenvalue weighted by atomic mass is 16.1. The average Bonchev–Trinajstić information content (AvgIpc) is 3.31. The van der Waals surface area contributed by atoms with Crippen molar-refractivity contribution in [3.8, 4) is 0 Å². The SMILES string of the molecule is C[C@@H](CC(=O)Nc1cccc(Nc2ccc3c(/C=C/c4ccccc4)n[nH]c3c2)c1)c1ccccc1. The van der Waals surface area contributed by atoms with Crippen molar-refractivity contribution in [3.63, 3.8) is 0 Å². The molecule has 0 aliphatic carbocycles. The molecule has 1 aromatic heterocycles. The number of nitrogens with zero attached hydrogens (tertiary/aromatic N) is 1. The molecule has 178 valence electrons. The Kier molecular flexibility index (Phi) is 6.90. The van der Waals surface area contributed by atoms with Crippen LogP contribution in [-0.2, 0) is 4.79 Å². The van der Waals surface area contributed by atoms with Crippen LogP contribution in [-0.4, -0.2) is 16.1 Å². The number of H-pyrrole nitrogens is 1. The Morgan fingerprint density at radius 3 is 2.36 bits per heavy atom. The molecule has 1 amide bonds. The molecule has 0 aliphatic heterocycles. The van der Waals surface area contributed by atoms with Crippen molar-refractivity contribution in [2.24, 2.45) is 0 Å². The Balaban J connectivity index is 1.24. The lowest BCUT2D eigenvalue weighted by Crippen LogP contribution is -2.14. The summed E-state index contributed by atoms with van der Waals surface area (Å²) in [5, 5.41) is 15.1. The molecule has 5 aromatic rings. The third kappa shape index (κ3) is 5.70. The molecule has 0 unspecified atom stereocenters. The van der Waals surface area contributed by atoms with Gasteiger partial charge in [0.1, 0.15) is 0 Å². The van der Waals surface area contributed by atoms with Gasteiger partial charge in [-0.15, -0.1) is 0 Å². The van der Waals surface area contributed by atoms with Gasteiger partial charge in [0.15, 0.2) is 0 Å². The number of hydrogen-bond acceptors (Lipinski definition) is 3. The predicted molar refractivity (Wildman–Crippen MR) is 149 cm³/mol. The number of amides is 1. The van der Waals surface area contributed by atoms with E-state index in [-0.39, 0.29) is 11.8 Å². The number of anilines is 3. The Hall–Kier alpha value is -4.64. The molecular weight excluding hydrogens is 444 g/mol. The molecule has 5 nitrogen and oxygen atoms in total. The van der Waals surface area contributed by atoms with Crippen molar-refractivity contribution in [3.05, 3.63) is 120 Å². The van der Waals surface area contributed by atoms with Gasteiger partial charge < -0.3 is 10.6 Å². The normalized spacial score (nSPS) is 12.0. The lowest BCUT2D eigenvalue weighted by molar-refractivity contribution is -0.116. The van der Waals surface area contributed by atoms with Gasteiger partial charge in [0.05, 0.1) is 11.2 Å². The number of rotatable bonds is 8. The standard InChI is InChI=1S/C31H28N4O/c1-22(24-11-6-3-7-12-24)19-31(36)33-26-14-8-13-25(20-26)32-27-16-17-28-29(34-35-30(28)21-27)18-15-23-9-4-2-5-10-23/h2-18,20-22,32H,19H2,1H3,(H,33,36)(H,34,35)/b18-15+/t22-/m0/s1. The van der Waals surface area contributed by atoms with Gasteiger partial charge >= 0.3 is 0 Å². The van der Waals surface area contributed by atoms with E-state index in [1.807, 2.05) is 78.9 Å². The Morgan fingerprint density at radius 2 is 1.56 bits per heavy atom. The molecule has 0 saturated heterocycles. The maximum atomic E-state index is 12.6. The number of aromatic amines is 1. The van der Waals surface area contributed by atoms with Crippen molar-refractivity contribution in [1.29, 1.82) is 0 Å². The molecule has 1 atom stereocenters. The van der Waals surface area contributed by atoms with Gasteiger partial charge in [0.25, 0.3) is 0 Å². The van der Waals surface area contributed by atoms with Crippen LogP contribution in [0.25, 0.3) is 23.1 Å². The molecule has 5 rings (SSSR count). The first-order valence-electron chi connectivity index (χ1n) is 12.1. The minimum Gasteiger partial charge on any atom is -0.355 e. The smallest absolute Gasteiger partial charge is 0.224 e.